The Morgan fingerprint density at radius 1 is 1.35 bits per heavy atom. The van der Waals surface area contributed by atoms with Crippen molar-refractivity contribution in [3.63, 3.8) is 0 Å². The highest BCUT2D eigenvalue weighted by molar-refractivity contribution is 5.93. The first-order valence-electron chi connectivity index (χ1n) is 6.09. The first kappa shape index (κ1) is 13.7. The van der Waals surface area contributed by atoms with E-state index in [9.17, 15) is 4.79 Å². The molecule has 0 spiro atoms. The number of carbonyl (C=O) groups is 1. The van der Waals surface area contributed by atoms with Gasteiger partial charge < -0.3 is 5.32 Å². The van der Waals surface area contributed by atoms with Gasteiger partial charge in [0.15, 0.2) is 0 Å². The normalized spacial score (nSPS) is 11.3. The Balaban J connectivity index is 2.33. The van der Waals surface area contributed by atoms with Gasteiger partial charge in [0.25, 0.3) is 5.91 Å². The summed E-state index contributed by atoms with van der Waals surface area (Å²) in [6.45, 7) is 9.26. The van der Waals surface area contributed by atoms with Crippen LogP contribution in [0.2, 0.25) is 0 Å². The number of aromatic nitrogens is 1. The zero-order valence-corrected chi connectivity index (χ0v) is 11.2. The molecule has 0 bridgehead atoms. The average molecular weight is 234 g/mol. The molecule has 1 aromatic heterocycles. The fourth-order valence-electron chi connectivity index (χ4n) is 1.52. The van der Waals surface area contributed by atoms with Gasteiger partial charge in [0, 0.05) is 18.4 Å². The van der Waals surface area contributed by atoms with Gasteiger partial charge >= 0.3 is 0 Å². The molecule has 1 aromatic rings. The Hall–Kier alpha value is -1.38. The number of pyridine rings is 1. The molecule has 0 aromatic carbocycles. The van der Waals surface area contributed by atoms with Crippen molar-refractivity contribution in [2.24, 2.45) is 5.41 Å². The average Bonchev–Trinajstić information content (AvgIpc) is 2.24. The molecule has 1 N–H and O–H groups in total. The number of hydrogen-bond acceptors (Lipinski definition) is 2. The number of rotatable bonds is 4. The molecule has 0 fully saturated rings. The van der Waals surface area contributed by atoms with Gasteiger partial charge in [0.1, 0.15) is 0 Å². The van der Waals surface area contributed by atoms with Gasteiger partial charge in [0.2, 0.25) is 0 Å². The molecule has 0 radical (unpaired) electrons. The van der Waals surface area contributed by atoms with E-state index in [2.05, 4.69) is 31.1 Å². The second kappa shape index (κ2) is 5.80. The first-order chi connectivity index (χ1) is 7.88. The van der Waals surface area contributed by atoms with E-state index < -0.39 is 0 Å². The lowest BCUT2D eigenvalue weighted by Gasteiger charge is -2.17. The van der Waals surface area contributed by atoms with Crippen molar-refractivity contribution in [3.05, 3.63) is 29.6 Å². The van der Waals surface area contributed by atoms with E-state index in [1.807, 2.05) is 13.0 Å². The Morgan fingerprint density at radius 2 is 2.06 bits per heavy atom. The minimum atomic E-state index is -0.0357. The Bertz CT molecular complexity index is 363. The van der Waals surface area contributed by atoms with Crippen molar-refractivity contribution >= 4 is 5.91 Å². The fourth-order valence-corrected chi connectivity index (χ4v) is 1.52. The van der Waals surface area contributed by atoms with Crippen molar-refractivity contribution in [2.45, 2.75) is 40.5 Å². The predicted octanol–water partition coefficient (Wildman–Crippen LogP) is 2.95. The molecule has 0 unspecified atom stereocenters. The maximum Gasteiger partial charge on any atom is 0.252 e. The highest BCUT2D eigenvalue weighted by Gasteiger charge is 2.10. The SMILES string of the molecule is Cc1ccc(C(=O)NCCCC(C)(C)C)cn1. The molecule has 1 amide bonds. The van der Waals surface area contributed by atoms with Crippen molar-refractivity contribution in [3.8, 4) is 0 Å². The number of nitrogens with one attached hydrogen (secondary N) is 1. The van der Waals surface area contributed by atoms with Crippen LogP contribution in [0.4, 0.5) is 0 Å². The zero-order chi connectivity index (χ0) is 12.9. The lowest BCUT2D eigenvalue weighted by Crippen LogP contribution is -2.25. The molecular weight excluding hydrogens is 212 g/mol. The molecule has 0 aliphatic heterocycles. The van der Waals surface area contributed by atoms with Crippen LogP contribution in [0.5, 0.6) is 0 Å². The molecule has 94 valence electrons. The second-order valence-corrected chi connectivity index (χ2v) is 5.61. The summed E-state index contributed by atoms with van der Waals surface area (Å²) < 4.78 is 0. The summed E-state index contributed by atoms with van der Waals surface area (Å²) in [5.41, 5.74) is 1.89. The van der Waals surface area contributed by atoms with E-state index in [0.717, 1.165) is 25.1 Å². The summed E-state index contributed by atoms with van der Waals surface area (Å²) in [7, 11) is 0. The molecule has 0 saturated carbocycles. The third-order valence-electron chi connectivity index (χ3n) is 2.56. The van der Waals surface area contributed by atoms with Gasteiger partial charge in [-0.1, -0.05) is 20.8 Å². The summed E-state index contributed by atoms with van der Waals surface area (Å²) in [5, 5.41) is 2.91. The molecule has 0 saturated heterocycles. The third kappa shape index (κ3) is 5.48. The van der Waals surface area contributed by atoms with Gasteiger partial charge in [-0.15, -0.1) is 0 Å². The van der Waals surface area contributed by atoms with Crippen LogP contribution in [-0.4, -0.2) is 17.4 Å². The van der Waals surface area contributed by atoms with Gasteiger partial charge in [-0.25, -0.2) is 0 Å². The fraction of sp³-hybridized carbons (Fsp3) is 0.571. The van der Waals surface area contributed by atoms with Crippen molar-refractivity contribution in [1.82, 2.24) is 10.3 Å². The minimum Gasteiger partial charge on any atom is -0.352 e. The molecule has 0 aliphatic rings. The van der Waals surface area contributed by atoms with Crippen LogP contribution in [0.15, 0.2) is 18.3 Å². The van der Waals surface area contributed by atoms with Crippen LogP contribution < -0.4 is 5.32 Å². The molecule has 0 atom stereocenters. The van der Waals surface area contributed by atoms with E-state index in [1.54, 1.807) is 12.3 Å². The van der Waals surface area contributed by atoms with E-state index >= 15 is 0 Å². The van der Waals surface area contributed by atoms with Gasteiger partial charge in [-0.2, -0.15) is 0 Å². The molecule has 1 heterocycles. The van der Waals surface area contributed by atoms with Crippen LogP contribution in [0.1, 0.15) is 49.7 Å². The topological polar surface area (TPSA) is 42.0 Å². The maximum atomic E-state index is 11.7. The lowest BCUT2D eigenvalue weighted by atomic mass is 9.91. The minimum absolute atomic E-state index is 0.0357. The standard InChI is InChI=1S/C14H22N2O/c1-11-6-7-12(10-16-11)13(17)15-9-5-8-14(2,3)4/h6-7,10H,5,8-9H2,1-4H3,(H,15,17). The van der Waals surface area contributed by atoms with Gasteiger partial charge in [-0.05, 0) is 37.3 Å². The Labute approximate surface area is 104 Å². The summed E-state index contributed by atoms with van der Waals surface area (Å²) in [5.74, 6) is -0.0357. The maximum absolute atomic E-state index is 11.7. The second-order valence-electron chi connectivity index (χ2n) is 5.61. The van der Waals surface area contributed by atoms with E-state index in [-0.39, 0.29) is 5.91 Å². The first-order valence-corrected chi connectivity index (χ1v) is 6.09. The van der Waals surface area contributed by atoms with Crippen LogP contribution in [0.25, 0.3) is 0 Å². The van der Waals surface area contributed by atoms with E-state index in [1.165, 1.54) is 0 Å². The number of hydrogen-bond donors (Lipinski definition) is 1. The molecule has 1 rings (SSSR count). The summed E-state index contributed by atoms with van der Waals surface area (Å²) in [6, 6.07) is 3.66. The zero-order valence-electron chi connectivity index (χ0n) is 11.2. The van der Waals surface area contributed by atoms with Crippen molar-refractivity contribution < 1.29 is 4.79 Å². The van der Waals surface area contributed by atoms with Crippen molar-refractivity contribution in [2.75, 3.05) is 6.54 Å². The quantitative estimate of drug-likeness (QED) is 0.814. The third-order valence-corrected chi connectivity index (χ3v) is 2.56. The Morgan fingerprint density at radius 3 is 2.59 bits per heavy atom. The Kier molecular flexibility index (Phi) is 4.67. The van der Waals surface area contributed by atoms with Gasteiger partial charge in [-0.3, -0.25) is 9.78 Å². The molecule has 3 nitrogen and oxygen atoms in total. The van der Waals surface area contributed by atoms with Crippen LogP contribution in [0.3, 0.4) is 0 Å². The highest BCUT2D eigenvalue weighted by Crippen LogP contribution is 2.19. The van der Waals surface area contributed by atoms with Crippen LogP contribution in [-0.2, 0) is 0 Å². The molecule has 17 heavy (non-hydrogen) atoms. The largest absolute Gasteiger partial charge is 0.352 e. The molecule has 0 aliphatic carbocycles. The number of nitrogens with zero attached hydrogens (tertiary/aromatic N) is 1. The van der Waals surface area contributed by atoms with Crippen molar-refractivity contribution in [1.29, 1.82) is 0 Å². The van der Waals surface area contributed by atoms with Crippen LogP contribution >= 0.6 is 0 Å². The number of amides is 1. The van der Waals surface area contributed by atoms with E-state index in [4.69, 9.17) is 0 Å². The van der Waals surface area contributed by atoms with Crippen LogP contribution in [0, 0.1) is 12.3 Å². The molecule has 3 heteroatoms. The highest BCUT2D eigenvalue weighted by atomic mass is 16.1. The lowest BCUT2D eigenvalue weighted by molar-refractivity contribution is 0.0951. The molecular formula is C14H22N2O. The number of aryl methyl sites for hydroxylation is 1. The summed E-state index contributed by atoms with van der Waals surface area (Å²) >= 11 is 0. The van der Waals surface area contributed by atoms with E-state index in [0.29, 0.717) is 11.0 Å². The smallest absolute Gasteiger partial charge is 0.252 e. The summed E-state index contributed by atoms with van der Waals surface area (Å²) in [6.07, 6.45) is 3.74. The monoisotopic (exact) mass is 234 g/mol. The predicted molar refractivity (Wildman–Crippen MR) is 70.0 cm³/mol. The number of carbonyl (C=O) groups excluding carboxylic acids is 1. The van der Waals surface area contributed by atoms with Gasteiger partial charge in [0.05, 0.1) is 5.56 Å². The summed E-state index contributed by atoms with van der Waals surface area (Å²) in [4.78, 5) is 15.8.